The van der Waals surface area contributed by atoms with Gasteiger partial charge >= 0.3 is 0 Å². The van der Waals surface area contributed by atoms with Crippen LogP contribution >= 0.6 is 11.6 Å². The smallest absolute Gasteiger partial charge is 0.239 e. The number of ether oxygens (including phenoxy) is 3. The van der Waals surface area contributed by atoms with E-state index in [0.717, 1.165) is 24.2 Å². The molecule has 0 bridgehead atoms. The van der Waals surface area contributed by atoms with Crippen LogP contribution in [0.15, 0.2) is 42.5 Å². The van der Waals surface area contributed by atoms with Crippen molar-refractivity contribution in [1.29, 1.82) is 0 Å². The van der Waals surface area contributed by atoms with Crippen molar-refractivity contribution in [3.05, 3.63) is 53.1 Å². The molecule has 162 valence electrons. The summed E-state index contributed by atoms with van der Waals surface area (Å²) in [5, 5.41) is 6.80. The maximum absolute atomic E-state index is 12.7. The number of amides is 1. The van der Waals surface area contributed by atoms with Crippen LogP contribution in [0, 0.1) is 5.92 Å². The Labute approximate surface area is 182 Å². The van der Waals surface area contributed by atoms with Gasteiger partial charge in [-0.3, -0.25) is 4.79 Å². The molecular formula is C23H29ClN2O4. The fourth-order valence-corrected chi connectivity index (χ4v) is 3.48. The average molecular weight is 433 g/mol. The van der Waals surface area contributed by atoms with E-state index in [1.165, 1.54) is 0 Å². The van der Waals surface area contributed by atoms with Gasteiger partial charge in [0.15, 0.2) is 5.75 Å². The molecule has 0 saturated heterocycles. The van der Waals surface area contributed by atoms with Crippen molar-refractivity contribution in [3.8, 4) is 11.5 Å². The zero-order valence-corrected chi connectivity index (χ0v) is 18.2. The van der Waals surface area contributed by atoms with Crippen molar-refractivity contribution in [2.75, 3.05) is 38.8 Å². The lowest BCUT2D eigenvalue weighted by Gasteiger charge is -2.20. The second kappa shape index (κ2) is 11.1. The Kier molecular flexibility index (Phi) is 8.22. The predicted molar refractivity (Wildman–Crippen MR) is 119 cm³/mol. The monoisotopic (exact) mass is 432 g/mol. The van der Waals surface area contributed by atoms with E-state index in [1.807, 2.05) is 43.3 Å². The molecule has 1 amide bonds. The molecule has 0 aliphatic heterocycles. The van der Waals surface area contributed by atoms with Gasteiger partial charge in [0.2, 0.25) is 5.91 Å². The summed E-state index contributed by atoms with van der Waals surface area (Å²) in [6, 6.07) is 13.3. The van der Waals surface area contributed by atoms with E-state index in [-0.39, 0.29) is 18.5 Å². The molecule has 3 rings (SSSR count). The summed E-state index contributed by atoms with van der Waals surface area (Å²) in [6.45, 7) is 3.56. The van der Waals surface area contributed by atoms with Gasteiger partial charge in [0.25, 0.3) is 0 Å². The van der Waals surface area contributed by atoms with Crippen LogP contribution in [0.25, 0.3) is 0 Å². The molecule has 1 atom stereocenters. The van der Waals surface area contributed by atoms with E-state index in [9.17, 15) is 4.79 Å². The molecule has 1 unspecified atom stereocenters. The molecule has 0 aromatic heterocycles. The Morgan fingerprint density at radius 3 is 2.60 bits per heavy atom. The molecule has 1 fully saturated rings. The third kappa shape index (κ3) is 6.28. The van der Waals surface area contributed by atoms with Gasteiger partial charge in [-0.1, -0.05) is 29.8 Å². The van der Waals surface area contributed by atoms with E-state index in [0.29, 0.717) is 42.2 Å². The Morgan fingerprint density at radius 1 is 1.17 bits per heavy atom. The largest absolute Gasteiger partial charge is 0.497 e. The lowest BCUT2D eigenvalue weighted by atomic mass is 10.0. The fraction of sp³-hybridized carbons (Fsp3) is 0.435. The molecule has 6 nitrogen and oxygen atoms in total. The number of carbonyl (C=O) groups is 1. The zero-order chi connectivity index (χ0) is 21.3. The summed E-state index contributed by atoms with van der Waals surface area (Å²) in [5.74, 6) is 1.73. The molecule has 2 N–H and O–H groups in total. The second-order valence-electron chi connectivity index (χ2n) is 7.17. The van der Waals surface area contributed by atoms with Crippen molar-refractivity contribution in [1.82, 2.24) is 5.32 Å². The van der Waals surface area contributed by atoms with Crippen LogP contribution in [0.4, 0.5) is 5.69 Å². The van der Waals surface area contributed by atoms with Gasteiger partial charge in [-0.25, -0.2) is 0 Å². The molecule has 1 aliphatic rings. The molecule has 0 spiro atoms. The van der Waals surface area contributed by atoms with E-state index in [1.54, 1.807) is 13.2 Å². The number of nitrogens with one attached hydrogen (secondary N) is 2. The first-order chi connectivity index (χ1) is 14.6. The molecule has 0 heterocycles. The molecule has 0 radical (unpaired) electrons. The highest BCUT2D eigenvalue weighted by Gasteiger charge is 2.33. The van der Waals surface area contributed by atoms with Gasteiger partial charge in [0.05, 0.1) is 37.0 Å². The van der Waals surface area contributed by atoms with Crippen molar-refractivity contribution in [2.45, 2.75) is 25.8 Å². The maximum Gasteiger partial charge on any atom is 0.239 e. The highest BCUT2D eigenvalue weighted by Crippen LogP contribution is 2.41. The number of methoxy groups -OCH3 is 1. The van der Waals surface area contributed by atoms with Crippen molar-refractivity contribution < 1.29 is 19.0 Å². The van der Waals surface area contributed by atoms with Crippen LogP contribution in [0.2, 0.25) is 5.02 Å². The van der Waals surface area contributed by atoms with Crippen LogP contribution in [-0.2, 0) is 9.53 Å². The lowest BCUT2D eigenvalue weighted by molar-refractivity contribution is -0.120. The van der Waals surface area contributed by atoms with E-state index in [2.05, 4.69) is 10.6 Å². The zero-order valence-electron chi connectivity index (χ0n) is 17.4. The Hall–Kier alpha value is -2.44. The number of carbonyl (C=O) groups excluding carboxylic acids is 1. The molecule has 2 aromatic carbocycles. The number of halogens is 1. The first-order valence-corrected chi connectivity index (χ1v) is 10.7. The number of hydrogen-bond acceptors (Lipinski definition) is 5. The summed E-state index contributed by atoms with van der Waals surface area (Å²) < 4.78 is 16.3. The summed E-state index contributed by atoms with van der Waals surface area (Å²) in [7, 11) is 1.64. The molecule has 2 aromatic rings. The van der Waals surface area contributed by atoms with Crippen LogP contribution in [0.3, 0.4) is 0 Å². The van der Waals surface area contributed by atoms with E-state index >= 15 is 0 Å². The normalized spacial score (nSPS) is 14.1. The molecule has 30 heavy (non-hydrogen) atoms. The lowest BCUT2D eigenvalue weighted by Crippen LogP contribution is -2.34. The van der Waals surface area contributed by atoms with Crippen molar-refractivity contribution in [2.24, 2.45) is 5.92 Å². The van der Waals surface area contributed by atoms with Crippen molar-refractivity contribution in [3.63, 3.8) is 0 Å². The van der Waals surface area contributed by atoms with Crippen LogP contribution in [0.1, 0.15) is 31.4 Å². The van der Waals surface area contributed by atoms with Gasteiger partial charge in [0, 0.05) is 6.61 Å². The van der Waals surface area contributed by atoms with Gasteiger partial charge in [-0.2, -0.15) is 0 Å². The van der Waals surface area contributed by atoms with E-state index in [4.69, 9.17) is 25.8 Å². The SMILES string of the molecule is CCOCCOc1c(Cl)cccc1NCC(=O)NC(c1ccc(OC)cc1)C1CC1. The number of rotatable bonds is 12. The molecule has 1 aliphatic carbocycles. The third-order valence-corrected chi connectivity index (χ3v) is 5.27. The fourth-order valence-electron chi connectivity index (χ4n) is 3.26. The minimum atomic E-state index is -0.0806. The topological polar surface area (TPSA) is 68.8 Å². The number of para-hydroxylation sites is 1. The minimum absolute atomic E-state index is 0.00600. The highest BCUT2D eigenvalue weighted by atomic mass is 35.5. The Morgan fingerprint density at radius 2 is 1.93 bits per heavy atom. The van der Waals surface area contributed by atoms with Gasteiger partial charge < -0.3 is 24.8 Å². The number of anilines is 1. The molecule has 1 saturated carbocycles. The van der Waals surface area contributed by atoms with Crippen LogP contribution < -0.4 is 20.1 Å². The van der Waals surface area contributed by atoms with Gasteiger partial charge in [-0.15, -0.1) is 0 Å². The highest BCUT2D eigenvalue weighted by molar-refractivity contribution is 6.32. The van der Waals surface area contributed by atoms with Gasteiger partial charge in [-0.05, 0) is 55.5 Å². The van der Waals surface area contributed by atoms with E-state index < -0.39 is 0 Å². The standard InChI is InChI=1S/C23H29ClN2O4/c1-3-29-13-14-30-23-19(24)5-4-6-20(23)25-15-21(27)26-22(16-7-8-16)17-9-11-18(28-2)12-10-17/h4-6,9-12,16,22,25H,3,7-8,13-15H2,1-2H3,(H,26,27). The number of benzene rings is 2. The summed E-state index contributed by atoms with van der Waals surface area (Å²) >= 11 is 6.28. The summed E-state index contributed by atoms with van der Waals surface area (Å²) in [5.41, 5.74) is 1.77. The van der Waals surface area contributed by atoms with Crippen LogP contribution in [-0.4, -0.2) is 39.4 Å². The average Bonchev–Trinajstić information content (AvgIpc) is 3.60. The van der Waals surface area contributed by atoms with Crippen molar-refractivity contribution >= 4 is 23.2 Å². The number of hydrogen-bond donors (Lipinski definition) is 2. The minimum Gasteiger partial charge on any atom is -0.497 e. The first kappa shape index (κ1) is 22.2. The quantitative estimate of drug-likeness (QED) is 0.485. The molecular weight excluding hydrogens is 404 g/mol. The third-order valence-electron chi connectivity index (χ3n) is 4.97. The second-order valence-corrected chi connectivity index (χ2v) is 7.58. The first-order valence-electron chi connectivity index (χ1n) is 10.3. The van der Waals surface area contributed by atoms with Crippen LogP contribution in [0.5, 0.6) is 11.5 Å². The Bertz CT molecular complexity index is 824. The Balaban J connectivity index is 1.58. The van der Waals surface area contributed by atoms with Gasteiger partial charge in [0.1, 0.15) is 12.4 Å². The predicted octanol–water partition coefficient (Wildman–Crippen LogP) is 4.44. The maximum atomic E-state index is 12.7. The molecule has 7 heteroatoms. The summed E-state index contributed by atoms with van der Waals surface area (Å²) in [4.78, 5) is 12.7. The summed E-state index contributed by atoms with van der Waals surface area (Å²) in [6.07, 6.45) is 2.24.